The highest BCUT2D eigenvalue weighted by atomic mass is 35.5. The Kier molecular flexibility index (Phi) is 3.13. The van der Waals surface area contributed by atoms with Crippen LogP contribution in [0.1, 0.15) is 0 Å². The number of nitrogens with zero attached hydrogens (tertiary/aromatic N) is 4. The fourth-order valence-electron chi connectivity index (χ4n) is 2.35. The second kappa shape index (κ2) is 5.16. The molecule has 0 radical (unpaired) electrons. The first-order valence-electron chi connectivity index (χ1n) is 6.56. The topological polar surface area (TPSA) is 51.6 Å². The molecule has 0 bridgehead atoms. The van der Waals surface area contributed by atoms with E-state index in [1.807, 2.05) is 30.3 Å². The SMILES string of the molecule is Clc1nnc(Cl)c2nc(-c3ccc4ccccc4c3)ncc12. The van der Waals surface area contributed by atoms with Gasteiger partial charge in [-0.2, -0.15) is 0 Å². The van der Waals surface area contributed by atoms with Crippen LogP contribution in [0.5, 0.6) is 0 Å². The van der Waals surface area contributed by atoms with E-state index < -0.39 is 0 Å². The average Bonchev–Trinajstić information content (AvgIpc) is 2.57. The lowest BCUT2D eigenvalue weighted by Crippen LogP contribution is -1.94. The van der Waals surface area contributed by atoms with Crippen molar-refractivity contribution in [3.63, 3.8) is 0 Å². The van der Waals surface area contributed by atoms with Crippen molar-refractivity contribution in [2.45, 2.75) is 0 Å². The fraction of sp³-hybridized carbons (Fsp3) is 0. The van der Waals surface area contributed by atoms with Gasteiger partial charge < -0.3 is 0 Å². The summed E-state index contributed by atoms with van der Waals surface area (Å²) < 4.78 is 0. The van der Waals surface area contributed by atoms with Gasteiger partial charge in [0.1, 0.15) is 5.52 Å². The average molecular weight is 327 g/mol. The molecule has 0 fully saturated rings. The van der Waals surface area contributed by atoms with Crippen LogP contribution in [0.4, 0.5) is 0 Å². The normalized spacial score (nSPS) is 11.2. The number of hydrogen-bond acceptors (Lipinski definition) is 4. The van der Waals surface area contributed by atoms with Crippen LogP contribution in [-0.2, 0) is 0 Å². The lowest BCUT2D eigenvalue weighted by molar-refractivity contribution is 1.04. The molecule has 106 valence electrons. The Balaban J connectivity index is 1.94. The van der Waals surface area contributed by atoms with Gasteiger partial charge in [-0.05, 0) is 16.8 Å². The predicted octanol–water partition coefficient (Wildman–Crippen LogP) is 4.55. The minimum absolute atomic E-state index is 0.212. The van der Waals surface area contributed by atoms with E-state index >= 15 is 0 Å². The van der Waals surface area contributed by atoms with Crippen molar-refractivity contribution in [1.29, 1.82) is 0 Å². The van der Waals surface area contributed by atoms with Crippen LogP contribution in [0.3, 0.4) is 0 Å². The van der Waals surface area contributed by atoms with Gasteiger partial charge in [0, 0.05) is 11.8 Å². The maximum atomic E-state index is 6.06. The van der Waals surface area contributed by atoms with Gasteiger partial charge in [-0.25, -0.2) is 9.97 Å². The number of hydrogen-bond donors (Lipinski definition) is 0. The monoisotopic (exact) mass is 326 g/mol. The largest absolute Gasteiger partial charge is 0.236 e. The third-order valence-corrected chi connectivity index (χ3v) is 3.97. The molecule has 0 aliphatic heterocycles. The Hall–Kier alpha value is -2.30. The second-order valence-electron chi connectivity index (χ2n) is 4.80. The Morgan fingerprint density at radius 3 is 2.45 bits per heavy atom. The van der Waals surface area contributed by atoms with Crippen LogP contribution < -0.4 is 0 Å². The van der Waals surface area contributed by atoms with E-state index in [0.717, 1.165) is 10.9 Å². The molecule has 0 aliphatic carbocycles. The van der Waals surface area contributed by atoms with E-state index in [-0.39, 0.29) is 10.3 Å². The molecule has 4 nitrogen and oxygen atoms in total. The lowest BCUT2D eigenvalue weighted by atomic mass is 10.1. The van der Waals surface area contributed by atoms with E-state index in [1.54, 1.807) is 6.20 Å². The van der Waals surface area contributed by atoms with Gasteiger partial charge in [0.15, 0.2) is 16.1 Å². The number of aromatic nitrogens is 4. The fourth-order valence-corrected chi connectivity index (χ4v) is 2.70. The van der Waals surface area contributed by atoms with Crippen LogP contribution in [0.2, 0.25) is 10.3 Å². The first-order valence-corrected chi connectivity index (χ1v) is 7.31. The van der Waals surface area contributed by atoms with Gasteiger partial charge in [0.05, 0.1) is 5.39 Å². The molecule has 2 heterocycles. The summed E-state index contributed by atoms with van der Waals surface area (Å²) in [5.74, 6) is 0.573. The predicted molar refractivity (Wildman–Crippen MR) is 88.1 cm³/mol. The van der Waals surface area contributed by atoms with Gasteiger partial charge in [-0.3, -0.25) is 0 Å². The van der Waals surface area contributed by atoms with Crippen LogP contribution >= 0.6 is 23.2 Å². The van der Waals surface area contributed by atoms with Crippen LogP contribution in [-0.4, -0.2) is 20.2 Å². The second-order valence-corrected chi connectivity index (χ2v) is 5.52. The van der Waals surface area contributed by atoms with Gasteiger partial charge in [0.25, 0.3) is 0 Å². The molecule has 22 heavy (non-hydrogen) atoms. The molecule has 0 aliphatic rings. The number of rotatable bonds is 1. The summed E-state index contributed by atoms with van der Waals surface area (Å²) >= 11 is 12.1. The number of halogens is 2. The number of fused-ring (bicyclic) bond motifs is 2. The minimum Gasteiger partial charge on any atom is -0.236 e. The van der Waals surface area contributed by atoms with E-state index in [9.17, 15) is 0 Å². The van der Waals surface area contributed by atoms with Crippen molar-refractivity contribution in [2.24, 2.45) is 0 Å². The quantitative estimate of drug-likeness (QED) is 0.515. The molecular formula is C16H8Cl2N4. The summed E-state index contributed by atoms with van der Waals surface area (Å²) in [7, 11) is 0. The van der Waals surface area contributed by atoms with Crippen molar-refractivity contribution in [1.82, 2.24) is 20.2 Å². The Morgan fingerprint density at radius 1 is 0.818 bits per heavy atom. The Labute approximate surface area is 135 Å². The molecule has 0 amide bonds. The maximum Gasteiger partial charge on any atom is 0.178 e. The van der Waals surface area contributed by atoms with Crippen LogP contribution in [0, 0.1) is 0 Å². The zero-order chi connectivity index (χ0) is 15.1. The maximum absolute atomic E-state index is 6.06. The zero-order valence-electron chi connectivity index (χ0n) is 11.2. The molecule has 6 heteroatoms. The summed E-state index contributed by atoms with van der Waals surface area (Å²) in [6, 6.07) is 14.2. The summed E-state index contributed by atoms with van der Waals surface area (Å²) in [6.45, 7) is 0. The zero-order valence-corrected chi connectivity index (χ0v) is 12.7. The van der Waals surface area contributed by atoms with Crippen molar-refractivity contribution >= 4 is 44.9 Å². The molecule has 0 unspecified atom stereocenters. The van der Waals surface area contributed by atoms with E-state index in [1.165, 1.54) is 5.39 Å². The highest BCUT2D eigenvalue weighted by Gasteiger charge is 2.11. The molecule has 0 saturated carbocycles. The Morgan fingerprint density at radius 2 is 1.59 bits per heavy atom. The van der Waals surface area contributed by atoms with Crippen LogP contribution in [0.25, 0.3) is 33.1 Å². The van der Waals surface area contributed by atoms with E-state index in [0.29, 0.717) is 16.7 Å². The van der Waals surface area contributed by atoms with Gasteiger partial charge in [0.2, 0.25) is 0 Å². The van der Waals surface area contributed by atoms with E-state index in [2.05, 4.69) is 32.3 Å². The highest BCUT2D eigenvalue weighted by molar-refractivity contribution is 6.37. The van der Waals surface area contributed by atoms with Gasteiger partial charge in [-0.1, -0.05) is 59.6 Å². The van der Waals surface area contributed by atoms with Crippen molar-refractivity contribution < 1.29 is 0 Å². The third kappa shape index (κ3) is 2.17. The first-order chi connectivity index (χ1) is 10.7. The van der Waals surface area contributed by atoms with Crippen LogP contribution in [0.15, 0.2) is 48.7 Å². The molecule has 2 aromatic carbocycles. The van der Waals surface area contributed by atoms with Gasteiger partial charge >= 0.3 is 0 Å². The lowest BCUT2D eigenvalue weighted by Gasteiger charge is -2.05. The molecule has 2 aromatic heterocycles. The molecule has 0 saturated heterocycles. The molecule has 4 aromatic rings. The summed E-state index contributed by atoms with van der Waals surface area (Å²) in [4.78, 5) is 8.85. The molecule has 0 N–H and O–H groups in total. The minimum atomic E-state index is 0.212. The first kappa shape index (κ1) is 13.4. The smallest absolute Gasteiger partial charge is 0.178 e. The van der Waals surface area contributed by atoms with Crippen molar-refractivity contribution in [3.8, 4) is 11.4 Å². The molecule has 4 rings (SSSR count). The summed E-state index contributed by atoms with van der Waals surface area (Å²) in [5.41, 5.74) is 1.41. The van der Waals surface area contributed by atoms with E-state index in [4.69, 9.17) is 23.2 Å². The van der Waals surface area contributed by atoms with Gasteiger partial charge in [-0.15, -0.1) is 10.2 Å². The van der Waals surface area contributed by atoms with Crippen molar-refractivity contribution in [2.75, 3.05) is 0 Å². The third-order valence-electron chi connectivity index (χ3n) is 3.44. The highest BCUT2D eigenvalue weighted by Crippen LogP contribution is 2.27. The molecule has 0 spiro atoms. The molecule has 0 atom stereocenters. The number of benzene rings is 2. The molecular weight excluding hydrogens is 319 g/mol. The standard InChI is InChI=1S/C16H8Cl2N4/c17-14-12-8-19-16(20-13(12)15(18)22-21-14)11-6-5-9-3-1-2-4-10(9)7-11/h1-8H. The van der Waals surface area contributed by atoms with Crippen molar-refractivity contribution in [3.05, 3.63) is 59.0 Å². The Bertz CT molecular complexity index is 1020. The summed E-state index contributed by atoms with van der Waals surface area (Å²) in [5, 5.41) is 10.9. The summed E-state index contributed by atoms with van der Waals surface area (Å²) in [6.07, 6.45) is 1.62.